The van der Waals surface area contributed by atoms with Gasteiger partial charge in [0.2, 0.25) is 0 Å². The quantitative estimate of drug-likeness (QED) is 0.103. The number of anilines is 1. The molecular formula is C20H31BrN4O9S2. The lowest BCUT2D eigenvalue weighted by Crippen LogP contribution is -2.38. The van der Waals surface area contributed by atoms with Crippen molar-refractivity contribution in [3.05, 3.63) is 27.8 Å². The van der Waals surface area contributed by atoms with Crippen molar-refractivity contribution in [3.63, 3.8) is 0 Å². The van der Waals surface area contributed by atoms with Crippen LogP contribution in [0.2, 0.25) is 0 Å². The Balaban J connectivity index is 2.33. The van der Waals surface area contributed by atoms with Crippen LogP contribution in [0, 0.1) is 10.1 Å². The van der Waals surface area contributed by atoms with Crippen LogP contribution in [0.4, 0.5) is 11.4 Å². The van der Waals surface area contributed by atoms with Gasteiger partial charge in [-0.15, -0.1) is 0 Å². The van der Waals surface area contributed by atoms with Gasteiger partial charge in [-0.1, -0.05) is 15.9 Å². The third-order valence-electron chi connectivity index (χ3n) is 5.31. The first-order chi connectivity index (χ1) is 16.8. The number of ether oxygens (including phenoxy) is 1. The van der Waals surface area contributed by atoms with Crippen molar-refractivity contribution >= 4 is 53.2 Å². The lowest BCUT2D eigenvalue weighted by atomic mass is 10.1. The Kier molecular flexibility index (Phi) is 11.5. The topological polar surface area (TPSA) is 165 Å². The second-order valence-electron chi connectivity index (χ2n) is 8.13. The number of hydrogen-bond donors (Lipinski definition) is 1. The van der Waals surface area contributed by atoms with E-state index in [1.165, 1.54) is 4.90 Å². The summed E-state index contributed by atoms with van der Waals surface area (Å²) in [6.45, 7) is 3.77. The fraction of sp³-hybridized carbons (Fsp3) is 0.650. The molecule has 1 aliphatic rings. The van der Waals surface area contributed by atoms with Crippen LogP contribution in [0.1, 0.15) is 16.8 Å². The summed E-state index contributed by atoms with van der Waals surface area (Å²) >= 11 is 3.26. The zero-order valence-electron chi connectivity index (χ0n) is 20.1. The summed E-state index contributed by atoms with van der Waals surface area (Å²) in [6, 6.07) is 2.03. The van der Waals surface area contributed by atoms with Gasteiger partial charge in [-0.2, -0.15) is 8.42 Å². The molecule has 36 heavy (non-hydrogen) atoms. The fourth-order valence-corrected chi connectivity index (χ4v) is 5.31. The number of nitro benzene ring substituents is 1. The number of halogens is 1. The van der Waals surface area contributed by atoms with Crippen molar-refractivity contribution in [2.24, 2.45) is 0 Å². The first-order valence-corrected chi connectivity index (χ1v) is 15.9. The standard InChI is InChI=1S/C20H31BrN4O9S2/c1-35(29,30)19-15-17(25(27)28)16(20(26)22-5-3-6-23-8-11-33-12-9-23)14-18(19)24(7-4-21)10-13-34-36(2,31)32/h14-15H,3-13H2,1-2H3,(H,22,26). The maximum absolute atomic E-state index is 12.9. The number of morpholine rings is 1. The molecule has 0 saturated carbocycles. The predicted molar refractivity (Wildman–Crippen MR) is 137 cm³/mol. The molecule has 1 N–H and O–H groups in total. The van der Waals surface area contributed by atoms with Gasteiger partial charge in [0.15, 0.2) is 9.84 Å². The number of rotatable bonds is 14. The number of hydrogen-bond acceptors (Lipinski definition) is 11. The Labute approximate surface area is 219 Å². The average molecular weight is 616 g/mol. The number of alkyl halides is 1. The minimum Gasteiger partial charge on any atom is -0.379 e. The molecule has 1 aromatic rings. The third-order valence-corrected chi connectivity index (χ3v) is 7.39. The molecule has 2 rings (SSSR count). The Morgan fingerprint density at radius 1 is 1.22 bits per heavy atom. The second kappa shape index (κ2) is 13.6. The molecule has 1 aliphatic heterocycles. The zero-order valence-corrected chi connectivity index (χ0v) is 23.4. The van der Waals surface area contributed by atoms with E-state index in [4.69, 9.17) is 8.92 Å². The molecule has 204 valence electrons. The summed E-state index contributed by atoms with van der Waals surface area (Å²) in [5.74, 6) is -0.712. The van der Waals surface area contributed by atoms with Crippen molar-refractivity contribution in [1.82, 2.24) is 10.2 Å². The van der Waals surface area contributed by atoms with Crippen LogP contribution in [-0.2, 0) is 28.9 Å². The van der Waals surface area contributed by atoms with E-state index < -0.39 is 36.5 Å². The Morgan fingerprint density at radius 2 is 1.89 bits per heavy atom. The molecule has 1 amide bonds. The number of nitrogens with zero attached hydrogens (tertiary/aromatic N) is 3. The van der Waals surface area contributed by atoms with Crippen LogP contribution in [0.5, 0.6) is 0 Å². The maximum atomic E-state index is 12.9. The number of benzene rings is 1. The fourth-order valence-electron chi connectivity index (χ4n) is 3.61. The first-order valence-electron chi connectivity index (χ1n) is 11.1. The van der Waals surface area contributed by atoms with Gasteiger partial charge in [-0.05, 0) is 19.0 Å². The highest BCUT2D eigenvalue weighted by Crippen LogP contribution is 2.33. The van der Waals surface area contributed by atoms with E-state index in [1.54, 1.807) is 0 Å². The van der Waals surface area contributed by atoms with E-state index in [-0.39, 0.29) is 42.4 Å². The molecule has 0 unspecified atom stereocenters. The summed E-state index contributed by atoms with van der Waals surface area (Å²) in [7, 11) is -7.69. The van der Waals surface area contributed by atoms with E-state index in [0.717, 1.165) is 44.3 Å². The highest BCUT2D eigenvalue weighted by atomic mass is 79.9. The number of sulfone groups is 1. The van der Waals surface area contributed by atoms with Crippen molar-refractivity contribution in [1.29, 1.82) is 0 Å². The van der Waals surface area contributed by atoms with Gasteiger partial charge in [0, 0.05) is 50.4 Å². The monoisotopic (exact) mass is 614 g/mol. The van der Waals surface area contributed by atoms with E-state index in [9.17, 15) is 31.7 Å². The number of carbonyl (C=O) groups excluding carboxylic acids is 1. The Hall–Kier alpha value is -1.85. The van der Waals surface area contributed by atoms with E-state index in [0.29, 0.717) is 25.0 Å². The summed E-state index contributed by atoms with van der Waals surface area (Å²) in [5, 5.41) is 14.8. The van der Waals surface area contributed by atoms with E-state index in [2.05, 4.69) is 26.1 Å². The van der Waals surface area contributed by atoms with Crippen LogP contribution in [-0.4, -0.2) is 109 Å². The zero-order chi connectivity index (χ0) is 26.9. The first kappa shape index (κ1) is 30.4. The molecule has 13 nitrogen and oxygen atoms in total. The van der Waals surface area contributed by atoms with Crippen LogP contribution in [0.3, 0.4) is 0 Å². The lowest BCUT2D eigenvalue weighted by molar-refractivity contribution is -0.385. The van der Waals surface area contributed by atoms with E-state index >= 15 is 0 Å². The minimum absolute atomic E-state index is 0.0399. The second-order valence-corrected chi connectivity index (χ2v) is 12.6. The number of amides is 1. The normalized spacial score (nSPS) is 15.0. The van der Waals surface area contributed by atoms with Crippen LogP contribution in [0.25, 0.3) is 0 Å². The lowest BCUT2D eigenvalue weighted by Gasteiger charge is -2.26. The highest BCUT2D eigenvalue weighted by Gasteiger charge is 2.29. The van der Waals surface area contributed by atoms with Crippen LogP contribution in [0.15, 0.2) is 17.0 Å². The SMILES string of the molecule is CS(=O)(=O)OCCN(CCBr)c1cc(C(=O)NCCCN2CCOCC2)c([N+](=O)[O-])cc1S(C)(=O)=O. The highest BCUT2D eigenvalue weighted by molar-refractivity contribution is 9.09. The average Bonchev–Trinajstić information content (AvgIpc) is 2.79. The van der Waals surface area contributed by atoms with Gasteiger partial charge in [0.05, 0.1) is 41.6 Å². The van der Waals surface area contributed by atoms with Gasteiger partial charge in [-0.3, -0.25) is 24.0 Å². The van der Waals surface area contributed by atoms with E-state index in [1.807, 2.05) is 0 Å². The molecule has 0 aliphatic carbocycles. The third kappa shape index (κ3) is 9.55. The number of nitrogens with one attached hydrogen (secondary N) is 1. The van der Waals surface area contributed by atoms with Crippen molar-refractivity contribution in [2.75, 3.05) is 81.8 Å². The molecule has 1 saturated heterocycles. The maximum Gasteiger partial charge on any atom is 0.283 e. The molecule has 0 bridgehead atoms. The molecule has 1 aromatic carbocycles. The molecular weight excluding hydrogens is 584 g/mol. The van der Waals surface area contributed by atoms with Crippen molar-refractivity contribution in [3.8, 4) is 0 Å². The summed E-state index contributed by atoms with van der Waals surface area (Å²) in [4.78, 5) is 27.2. The molecule has 0 spiro atoms. The summed E-state index contributed by atoms with van der Waals surface area (Å²) in [6.07, 6.45) is 2.41. The van der Waals surface area contributed by atoms with Gasteiger partial charge in [0.1, 0.15) is 5.56 Å². The van der Waals surface area contributed by atoms with Gasteiger partial charge in [-0.25, -0.2) is 8.42 Å². The Bertz CT molecular complexity index is 1140. The minimum atomic E-state index is -3.95. The molecule has 0 aromatic heterocycles. The van der Waals surface area contributed by atoms with Crippen LogP contribution < -0.4 is 10.2 Å². The van der Waals surface area contributed by atoms with Crippen molar-refractivity contribution in [2.45, 2.75) is 11.3 Å². The predicted octanol–water partition coefficient (Wildman–Crippen LogP) is 0.628. The van der Waals surface area contributed by atoms with Gasteiger partial charge < -0.3 is 15.0 Å². The molecule has 16 heteroatoms. The summed E-state index contributed by atoms with van der Waals surface area (Å²) < 4.78 is 57.8. The molecule has 0 atom stereocenters. The largest absolute Gasteiger partial charge is 0.379 e. The molecule has 1 heterocycles. The Morgan fingerprint density at radius 3 is 2.44 bits per heavy atom. The number of carbonyl (C=O) groups is 1. The van der Waals surface area contributed by atoms with Gasteiger partial charge in [0.25, 0.3) is 21.7 Å². The molecule has 1 fully saturated rings. The van der Waals surface area contributed by atoms with Gasteiger partial charge >= 0.3 is 0 Å². The molecule has 0 radical (unpaired) electrons. The summed E-state index contributed by atoms with van der Waals surface area (Å²) in [5.41, 5.74) is -0.897. The number of nitro groups is 1. The smallest absolute Gasteiger partial charge is 0.283 e. The van der Waals surface area contributed by atoms with Crippen molar-refractivity contribution < 1.29 is 35.5 Å². The van der Waals surface area contributed by atoms with Crippen LogP contribution >= 0.6 is 15.9 Å².